The van der Waals surface area contributed by atoms with Crippen LogP contribution in [0.25, 0.3) is 21.8 Å². The fraction of sp³-hybridized carbons (Fsp3) is 0.200. The summed E-state index contributed by atoms with van der Waals surface area (Å²) >= 11 is 0. The first-order chi connectivity index (χ1) is 8.90. The van der Waals surface area contributed by atoms with Crippen molar-refractivity contribution in [3.05, 3.63) is 42.7 Å². The van der Waals surface area contributed by atoms with Crippen LogP contribution in [0.5, 0.6) is 5.75 Å². The molecule has 3 nitrogen and oxygen atoms in total. The van der Waals surface area contributed by atoms with Gasteiger partial charge in [0.1, 0.15) is 11.3 Å². The molecule has 0 N–H and O–H groups in total. The van der Waals surface area contributed by atoms with E-state index in [9.17, 15) is 0 Å². The number of nitrogens with zero attached hydrogens (tertiary/aromatic N) is 2. The van der Waals surface area contributed by atoms with Crippen molar-refractivity contribution in [3.63, 3.8) is 0 Å². The van der Waals surface area contributed by atoms with Gasteiger partial charge in [0.15, 0.2) is 0 Å². The lowest BCUT2D eigenvalue weighted by Crippen LogP contribution is -1.97. The van der Waals surface area contributed by atoms with Crippen LogP contribution >= 0.6 is 0 Å². The molecule has 3 heteroatoms. The third kappa shape index (κ3) is 1.78. The van der Waals surface area contributed by atoms with Crippen LogP contribution in [0.2, 0.25) is 0 Å². The molecule has 0 amide bonds. The molecule has 90 valence electrons. The number of aromatic nitrogens is 2. The third-order valence-electron chi connectivity index (χ3n) is 2.88. The minimum atomic E-state index is 0.718. The third-order valence-corrected chi connectivity index (χ3v) is 2.88. The molecule has 1 aromatic carbocycles. The lowest BCUT2D eigenvalue weighted by atomic mass is 10.1. The molecular weight excluding hydrogens is 224 g/mol. The van der Waals surface area contributed by atoms with Gasteiger partial charge in [-0.05, 0) is 30.7 Å². The second-order valence-electron chi connectivity index (χ2n) is 4.20. The maximum absolute atomic E-state index is 5.81. The smallest absolute Gasteiger partial charge is 0.129 e. The predicted molar refractivity (Wildman–Crippen MR) is 72.8 cm³/mol. The molecule has 0 aliphatic rings. The Morgan fingerprint density at radius 1 is 1.06 bits per heavy atom. The van der Waals surface area contributed by atoms with Crippen LogP contribution in [0, 0.1) is 0 Å². The molecule has 0 fully saturated rings. The molecule has 18 heavy (non-hydrogen) atoms. The van der Waals surface area contributed by atoms with Gasteiger partial charge in [-0.1, -0.05) is 13.0 Å². The first-order valence-electron chi connectivity index (χ1n) is 6.15. The van der Waals surface area contributed by atoms with Gasteiger partial charge in [-0.3, -0.25) is 9.97 Å². The Labute approximate surface area is 105 Å². The van der Waals surface area contributed by atoms with E-state index in [0.29, 0.717) is 0 Å². The molecule has 0 atom stereocenters. The highest BCUT2D eigenvalue weighted by atomic mass is 16.5. The van der Waals surface area contributed by atoms with E-state index in [0.717, 1.165) is 40.6 Å². The predicted octanol–water partition coefficient (Wildman–Crippen LogP) is 3.57. The average molecular weight is 238 g/mol. The fourth-order valence-corrected chi connectivity index (χ4v) is 2.08. The lowest BCUT2D eigenvalue weighted by molar-refractivity contribution is 0.321. The maximum atomic E-state index is 5.81. The molecule has 0 aliphatic carbocycles. The number of hydrogen-bond acceptors (Lipinski definition) is 3. The van der Waals surface area contributed by atoms with E-state index in [1.165, 1.54) is 0 Å². The van der Waals surface area contributed by atoms with Crippen molar-refractivity contribution in [2.75, 3.05) is 6.61 Å². The summed E-state index contributed by atoms with van der Waals surface area (Å²) in [5.74, 6) is 0.889. The first-order valence-corrected chi connectivity index (χ1v) is 6.15. The SMILES string of the molecule is CCCOc1cc2cccnc2c2ncccc12. The van der Waals surface area contributed by atoms with Crippen molar-refractivity contribution in [1.29, 1.82) is 0 Å². The molecule has 2 aromatic heterocycles. The van der Waals surface area contributed by atoms with E-state index in [4.69, 9.17) is 4.74 Å². The molecule has 0 aliphatic heterocycles. The van der Waals surface area contributed by atoms with Gasteiger partial charge in [-0.2, -0.15) is 0 Å². The van der Waals surface area contributed by atoms with E-state index in [1.807, 2.05) is 30.3 Å². The molecule has 3 rings (SSSR count). The number of ether oxygens (including phenoxy) is 1. The summed E-state index contributed by atoms with van der Waals surface area (Å²) in [4.78, 5) is 8.85. The van der Waals surface area contributed by atoms with Crippen LogP contribution in [-0.2, 0) is 0 Å². The zero-order chi connectivity index (χ0) is 12.4. The summed E-state index contributed by atoms with van der Waals surface area (Å²) in [5, 5.41) is 2.09. The fourth-order valence-electron chi connectivity index (χ4n) is 2.08. The van der Waals surface area contributed by atoms with E-state index in [2.05, 4.69) is 16.9 Å². The van der Waals surface area contributed by atoms with Crippen LogP contribution < -0.4 is 4.74 Å². The van der Waals surface area contributed by atoms with Gasteiger partial charge in [0.05, 0.1) is 12.1 Å². The van der Waals surface area contributed by atoms with E-state index in [-0.39, 0.29) is 0 Å². The average Bonchev–Trinajstić information content (AvgIpc) is 2.45. The van der Waals surface area contributed by atoms with Gasteiger partial charge < -0.3 is 4.74 Å². The summed E-state index contributed by atoms with van der Waals surface area (Å²) in [6.45, 7) is 2.82. The van der Waals surface area contributed by atoms with Gasteiger partial charge >= 0.3 is 0 Å². The van der Waals surface area contributed by atoms with Crippen molar-refractivity contribution in [2.24, 2.45) is 0 Å². The Hall–Kier alpha value is -2.16. The van der Waals surface area contributed by atoms with Crippen molar-refractivity contribution in [3.8, 4) is 5.75 Å². The largest absolute Gasteiger partial charge is 0.493 e. The zero-order valence-corrected chi connectivity index (χ0v) is 10.3. The summed E-state index contributed by atoms with van der Waals surface area (Å²) in [5.41, 5.74) is 1.83. The Bertz CT molecular complexity index is 694. The highest BCUT2D eigenvalue weighted by molar-refractivity contribution is 6.05. The van der Waals surface area contributed by atoms with Gasteiger partial charge in [-0.15, -0.1) is 0 Å². The first kappa shape index (κ1) is 11.0. The molecule has 0 saturated heterocycles. The second-order valence-corrected chi connectivity index (χ2v) is 4.20. The van der Waals surface area contributed by atoms with Gasteiger partial charge in [0.25, 0.3) is 0 Å². The Balaban J connectivity index is 2.32. The summed E-state index contributed by atoms with van der Waals surface area (Å²) < 4.78 is 5.81. The monoisotopic (exact) mass is 238 g/mol. The summed E-state index contributed by atoms with van der Waals surface area (Å²) in [7, 11) is 0. The summed E-state index contributed by atoms with van der Waals surface area (Å²) in [6, 6.07) is 9.97. The second kappa shape index (κ2) is 4.61. The van der Waals surface area contributed by atoms with Gasteiger partial charge in [0.2, 0.25) is 0 Å². The molecular formula is C15H14N2O. The highest BCUT2D eigenvalue weighted by Crippen LogP contribution is 2.30. The normalized spacial score (nSPS) is 10.9. The minimum absolute atomic E-state index is 0.718. The molecule has 0 saturated carbocycles. The van der Waals surface area contributed by atoms with Crippen LogP contribution in [0.4, 0.5) is 0 Å². The van der Waals surface area contributed by atoms with Crippen molar-refractivity contribution < 1.29 is 4.74 Å². The number of pyridine rings is 2. The molecule has 0 bridgehead atoms. The van der Waals surface area contributed by atoms with Crippen LogP contribution in [0.3, 0.4) is 0 Å². The maximum Gasteiger partial charge on any atom is 0.129 e. The van der Waals surface area contributed by atoms with E-state index < -0.39 is 0 Å². The number of fused-ring (bicyclic) bond motifs is 3. The van der Waals surface area contributed by atoms with Crippen molar-refractivity contribution in [2.45, 2.75) is 13.3 Å². The zero-order valence-electron chi connectivity index (χ0n) is 10.3. The van der Waals surface area contributed by atoms with Gasteiger partial charge in [0, 0.05) is 23.2 Å². The Kier molecular flexibility index (Phi) is 2.81. The topological polar surface area (TPSA) is 35.0 Å². The van der Waals surface area contributed by atoms with Crippen LogP contribution in [0.1, 0.15) is 13.3 Å². The summed E-state index contributed by atoms with van der Waals surface area (Å²) in [6.07, 6.45) is 4.58. The molecule has 0 radical (unpaired) electrons. The lowest BCUT2D eigenvalue weighted by Gasteiger charge is -2.10. The van der Waals surface area contributed by atoms with Crippen LogP contribution in [-0.4, -0.2) is 16.6 Å². The Morgan fingerprint density at radius 2 is 1.83 bits per heavy atom. The van der Waals surface area contributed by atoms with E-state index >= 15 is 0 Å². The molecule has 0 unspecified atom stereocenters. The number of benzene rings is 1. The Morgan fingerprint density at radius 3 is 2.67 bits per heavy atom. The standard InChI is InChI=1S/C15H14N2O/c1-2-9-18-13-10-11-5-3-7-16-14(11)15-12(13)6-4-8-17-15/h3-8,10H,2,9H2,1H3. The highest BCUT2D eigenvalue weighted by Gasteiger charge is 2.08. The molecule has 2 heterocycles. The number of hydrogen-bond donors (Lipinski definition) is 0. The van der Waals surface area contributed by atoms with E-state index in [1.54, 1.807) is 12.4 Å². The molecule has 3 aromatic rings. The van der Waals surface area contributed by atoms with Crippen molar-refractivity contribution >= 4 is 21.8 Å². The van der Waals surface area contributed by atoms with Crippen LogP contribution in [0.15, 0.2) is 42.7 Å². The van der Waals surface area contributed by atoms with Crippen molar-refractivity contribution in [1.82, 2.24) is 9.97 Å². The minimum Gasteiger partial charge on any atom is -0.493 e. The quantitative estimate of drug-likeness (QED) is 0.654. The van der Waals surface area contributed by atoms with Gasteiger partial charge in [-0.25, -0.2) is 0 Å². The molecule has 0 spiro atoms. The number of rotatable bonds is 3.